The highest BCUT2D eigenvalue weighted by Gasteiger charge is 2.49. The number of halogens is 2. The lowest BCUT2D eigenvalue weighted by atomic mass is 9.83. The summed E-state index contributed by atoms with van der Waals surface area (Å²) in [6.07, 6.45) is 5.51. The molecule has 0 amide bonds. The van der Waals surface area contributed by atoms with Crippen molar-refractivity contribution in [1.29, 1.82) is 0 Å². The van der Waals surface area contributed by atoms with Crippen molar-refractivity contribution in [3.63, 3.8) is 0 Å². The Bertz CT molecular complexity index is 413. The Morgan fingerprint density at radius 3 is 2.19 bits per heavy atom. The third-order valence-electron chi connectivity index (χ3n) is 3.39. The molecule has 0 N–H and O–H groups in total. The smallest absolute Gasteiger partial charge is 0.0645 e. The average molecular weight is 256 g/mol. The van der Waals surface area contributed by atoms with Crippen LogP contribution in [0.4, 0.5) is 0 Å². The Morgan fingerprint density at radius 1 is 1.31 bits per heavy atom. The first-order valence-corrected chi connectivity index (χ1v) is 6.23. The molecule has 3 heteroatoms. The third-order valence-corrected chi connectivity index (χ3v) is 3.97. The second-order valence-electron chi connectivity index (χ2n) is 4.74. The molecule has 0 spiro atoms. The molecule has 86 valence electrons. The van der Waals surface area contributed by atoms with Gasteiger partial charge in [0, 0.05) is 23.4 Å². The lowest BCUT2D eigenvalue weighted by Gasteiger charge is -2.23. The summed E-state index contributed by atoms with van der Waals surface area (Å²) in [6, 6.07) is 0. The zero-order valence-corrected chi connectivity index (χ0v) is 11.1. The highest BCUT2D eigenvalue weighted by atomic mass is 35.5. The van der Waals surface area contributed by atoms with Crippen LogP contribution < -0.4 is 0 Å². The average Bonchev–Trinajstić information content (AvgIpc) is 2.97. The van der Waals surface area contributed by atoms with Gasteiger partial charge in [-0.25, -0.2) is 0 Å². The van der Waals surface area contributed by atoms with Crippen LogP contribution in [0.3, 0.4) is 0 Å². The van der Waals surface area contributed by atoms with Crippen molar-refractivity contribution in [2.45, 2.75) is 32.1 Å². The van der Waals surface area contributed by atoms with Crippen LogP contribution in [0.25, 0.3) is 0 Å². The van der Waals surface area contributed by atoms with Crippen molar-refractivity contribution in [2.75, 3.05) is 0 Å². The summed E-state index contributed by atoms with van der Waals surface area (Å²) in [5.41, 5.74) is 2.25. The van der Waals surface area contributed by atoms with Crippen LogP contribution in [0.2, 0.25) is 10.0 Å². The van der Waals surface area contributed by atoms with Gasteiger partial charge in [0.25, 0.3) is 0 Å². The van der Waals surface area contributed by atoms with E-state index in [1.807, 2.05) is 0 Å². The van der Waals surface area contributed by atoms with Gasteiger partial charge in [-0.2, -0.15) is 0 Å². The van der Waals surface area contributed by atoms with Crippen molar-refractivity contribution in [2.24, 2.45) is 5.92 Å². The molecule has 16 heavy (non-hydrogen) atoms. The van der Waals surface area contributed by atoms with E-state index in [4.69, 9.17) is 23.2 Å². The summed E-state index contributed by atoms with van der Waals surface area (Å²) in [6.45, 7) is 8.53. The van der Waals surface area contributed by atoms with Gasteiger partial charge < -0.3 is 0 Å². The molecule has 0 bridgehead atoms. The minimum Gasteiger partial charge on any atom is -0.262 e. The van der Waals surface area contributed by atoms with E-state index in [-0.39, 0.29) is 5.41 Å². The molecular formula is C13H15Cl2N. The molecule has 1 fully saturated rings. The Labute approximate surface area is 106 Å². The van der Waals surface area contributed by atoms with Crippen molar-refractivity contribution < 1.29 is 0 Å². The molecule has 0 aliphatic heterocycles. The van der Waals surface area contributed by atoms with E-state index in [2.05, 4.69) is 25.4 Å². The molecule has 1 aromatic rings. The van der Waals surface area contributed by atoms with E-state index >= 15 is 0 Å². The zero-order chi connectivity index (χ0) is 11.9. The van der Waals surface area contributed by atoms with E-state index in [0.717, 1.165) is 18.4 Å². The number of nitrogens with zero attached hydrogens (tertiary/aromatic N) is 1. The molecular weight excluding hydrogens is 241 g/mol. The normalized spacial score (nSPS) is 17.6. The summed E-state index contributed by atoms with van der Waals surface area (Å²) >= 11 is 12.4. The van der Waals surface area contributed by atoms with Gasteiger partial charge in [-0.3, -0.25) is 4.98 Å². The lowest BCUT2D eigenvalue weighted by molar-refractivity contribution is 0.651. The first-order valence-electron chi connectivity index (χ1n) is 5.48. The second kappa shape index (κ2) is 4.05. The van der Waals surface area contributed by atoms with Gasteiger partial charge in [0.15, 0.2) is 0 Å². The van der Waals surface area contributed by atoms with Crippen molar-refractivity contribution in [3.8, 4) is 0 Å². The summed E-state index contributed by atoms with van der Waals surface area (Å²) in [5.74, 6) is 0.447. The number of allylic oxidation sites excluding steroid dienone is 1. The van der Waals surface area contributed by atoms with Crippen molar-refractivity contribution in [3.05, 3.63) is 40.2 Å². The van der Waals surface area contributed by atoms with Crippen LogP contribution in [0.5, 0.6) is 0 Å². The van der Waals surface area contributed by atoms with Crippen LogP contribution >= 0.6 is 23.2 Å². The topological polar surface area (TPSA) is 12.9 Å². The Kier molecular flexibility index (Phi) is 3.02. The molecule has 0 atom stereocenters. The highest BCUT2D eigenvalue weighted by molar-refractivity contribution is 6.36. The SMILES string of the molecule is C=C(C(C)C)C1(c2c(Cl)cncc2Cl)CC1. The van der Waals surface area contributed by atoms with E-state index in [9.17, 15) is 0 Å². The Morgan fingerprint density at radius 2 is 1.81 bits per heavy atom. The molecule has 2 rings (SSSR count). The summed E-state index contributed by atoms with van der Waals surface area (Å²) in [7, 11) is 0. The summed E-state index contributed by atoms with van der Waals surface area (Å²) < 4.78 is 0. The van der Waals surface area contributed by atoms with E-state index in [1.165, 1.54) is 5.57 Å². The van der Waals surface area contributed by atoms with Crippen LogP contribution in [0, 0.1) is 5.92 Å². The summed E-state index contributed by atoms with van der Waals surface area (Å²) in [4.78, 5) is 4.00. The molecule has 1 heterocycles. The second-order valence-corrected chi connectivity index (χ2v) is 5.55. The van der Waals surface area contributed by atoms with Gasteiger partial charge in [0.05, 0.1) is 10.0 Å². The van der Waals surface area contributed by atoms with Crippen molar-refractivity contribution >= 4 is 23.2 Å². The predicted octanol–water partition coefficient (Wildman–Crippen LogP) is 4.63. The fourth-order valence-electron chi connectivity index (χ4n) is 2.28. The molecule has 0 aromatic carbocycles. The number of aromatic nitrogens is 1. The van der Waals surface area contributed by atoms with Crippen LogP contribution in [-0.4, -0.2) is 4.98 Å². The fourth-order valence-corrected chi connectivity index (χ4v) is 3.00. The molecule has 0 saturated heterocycles. The maximum Gasteiger partial charge on any atom is 0.0645 e. The van der Waals surface area contributed by atoms with Gasteiger partial charge in [0.2, 0.25) is 0 Å². The molecule has 1 aliphatic rings. The lowest BCUT2D eigenvalue weighted by Crippen LogP contribution is -2.15. The maximum absolute atomic E-state index is 6.21. The predicted molar refractivity (Wildman–Crippen MR) is 69.1 cm³/mol. The third kappa shape index (κ3) is 1.76. The van der Waals surface area contributed by atoms with Crippen LogP contribution in [-0.2, 0) is 5.41 Å². The molecule has 1 aromatic heterocycles. The number of rotatable bonds is 3. The largest absolute Gasteiger partial charge is 0.262 e. The Hall–Kier alpha value is -0.530. The standard InChI is InChI=1S/C13H15Cl2N/c1-8(2)9(3)13(4-5-13)12-10(14)6-16-7-11(12)15/h6-8H,3-5H2,1-2H3. The van der Waals surface area contributed by atoms with Crippen molar-refractivity contribution in [1.82, 2.24) is 4.98 Å². The molecule has 1 nitrogen and oxygen atoms in total. The summed E-state index contributed by atoms with van der Waals surface area (Å²) in [5, 5.41) is 1.32. The number of hydrogen-bond donors (Lipinski definition) is 0. The van der Waals surface area contributed by atoms with E-state index < -0.39 is 0 Å². The van der Waals surface area contributed by atoms with Gasteiger partial charge in [0.1, 0.15) is 0 Å². The molecule has 1 saturated carbocycles. The van der Waals surface area contributed by atoms with Gasteiger partial charge in [-0.1, -0.05) is 49.2 Å². The van der Waals surface area contributed by atoms with Gasteiger partial charge >= 0.3 is 0 Å². The van der Waals surface area contributed by atoms with Gasteiger partial charge in [-0.15, -0.1) is 0 Å². The Balaban J connectivity index is 2.49. The molecule has 0 unspecified atom stereocenters. The van der Waals surface area contributed by atoms with E-state index in [1.54, 1.807) is 12.4 Å². The number of hydrogen-bond acceptors (Lipinski definition) is 1. The fraction of sp³-hybridized carbons (Fsp3) is 0.462. The molecule has 0 radical (unpaired) electrons. The van der Waals surface area contributed by atoms with Crippen LogP contribution in [0.15, 0.2) is 24.5 Å². The van der Waals surface area contributed by atoms with Crippen LogP contribution in [0.1, 0.15) is 32.3 Å². The molecule has 1 aliphatic carbocycles. The van der Waals surface area contributed by atoms with E-state index in [0.29, 0.717) is 16.0 Å². The number of pyridine rings is 1. The minimum atomic E-state index is 0.00523. The van der Waals surface area contributed by atoms with Gasteiger partial charge in [-0.05, 0) is 18.8 Å². The maximum atomic E-state index is 6.21. The first-order chi connectivity index (χ1) is 7.49. The minimum absolute atomic E-state index is 0.00523. The highest BCUT2D eigenvalue weighted by Crippen LogP contribution is 2.58. The quantitative estimate of drug-likeness (QED) is 0.718. The monoisotopic (exact) mass is 255 g/mol. The zero-order valence-electron chi connectivity index (χ0n) is 9.56. The first kappa shape index (κ1) is 11.9.